The average molecular weight is 325 g/mol. The largest absolute Gasteiger partial charge is 0.463 e. The summed E-state index contributed by atoms with van der Waals surface area (Å²) in [6.45, 7) is 1.57. The number of esters is 1. The Morgan fingerprint density at radius 1 is 1.65 bits per heavy atom. The number of nitrogen functional groups attached to an aromatic ring is 1. The summed E-state index contributed by atoms with van der Waals surface area (Å²) in [4.78, 5) is 27.0. The van der Waals surface area contributed by atoms with Gasteiger partial charge in [-0.3, -0.25) is 4.57 Å². The predicted molar refractivity (Wildman–Crippen MR) is 80.2 cm³/mol. The van der Waals surface area contributed by atoms with Crippen LogP contribution in [0, 0.1) is 0 Å². The van der Waals surface area contributed by atoms with Crippen LogP contribution in [-0.2, 0) is 14.3 Å². The Labute approximate surface area is 132 Å². The molecule has 0 spiro atoms. The van der Waals surface area contributed by atoms with Crippen LogP contribution in [0.25, 0.3) is 6.08 Å². The SMILES string of the molecule is CCOC(=O)C=Cc1cn([C@@H]2C[C@@H](O)[C@H](CO)O2)c(=O)nc1N. The average Bonchev–Trinajstić information content (AvgIpc) is 2.87. The molecule has 1 saturated heterocycles. The van der Waals surface area contributed by atoms with Gasteiger partial charge in [0.05, 0.1) is 19.3 Å². The van der Waals surface area contributed by atoms with E-state index in [1.54, 1.807) is 6.92 Å². The number of hydrogen-bond donors (Lipinski definition) is 3. The Bertz CT molecular complexity index is 656. The van der Waals surface area contributed by atoms with Crippen LogP contribution in [0.3, 0.4) is 0 Å². The molecule has 23 heavy (non-hydrogen) atoms. The van der Waals surface area contributed by atoms with E-state index in [9.17, 15) is 14.7 Å². The minimum absolute atomic E-state index is 0.0379. The monoisotopic (exact) mass is 325 g/mol. The number of hydrogen-bond acceptors (Lipinski definition) is 8. The van der Waals surface area contributed by atoms with Gasteiger partial charge in [0.2, 0.25) is 0 Å². The van der Waals surface area contributed by atoms with Crippen molar-refractivity contribution >= 4 is 17.9 Å². The summed E-state index contributed by atoms with van der Waals surface area (Å²) in [5.41, 5.74) is 5.36. The van der Waals surface area contributed by atoms with E-state index in [2.05, 4.69) is 4.98 Å². The second kappa shape index (κ2) is 7.36. The van der Waals surface area contributed by atoms with Crippen LogP contribution in [0.4, 0.5) is 5.82 Å². The molecule has 2 rings (SSSR count). The van der Waals surface area contributed by atoms with Gasteiger partial charge in [0.1, 0.15) is 18.1 Å². The molecule has 9 nitrogen and oxygen atoms in total. The molecule has 0 radical (unpaired) electrons. The zero-order valence-electron chi connectivity index (χ0n) is 12.6. The molecule has 0 bridgehead atoms. The number of nitrogens with zero attached hydrogens (tertiary/aromatic N) is 2. The van der Waals surface area contributed by atoms with E-state index >= 15 is 0 Å². The summed E-state index contributed by atoms with van der Waals surface area (Å²) in [6, 6.07) is 0. The van der Waals surface area contributed by atoms with E-state index < -0.39 is 30.1 Å². The van der Waals surface area contributed by atoms with Crippen LogP contribution in [-0.4, -0.2) is 51.2 Å². The van der Waals surface area contributed by atoms with Crippen molar-refractivity contribution < 1.29 is 24.5 Å². The van der Waals surface area contributed by atoms with Gasteiger partial charge in [-0.25, -0.2) is 9.59 Å². The fraction of sp³-hybridized carbons (Fsp3) is 0.500. The summed E-state index contributed by atoms with van der Waals surface area (Å²) in [5, 5.41) is 18.8. The van der Waals surface area contributed by atoms with Crippen LogP contribution in [0.2, 0.25) is 0 Å². The molecule has 1 fully saturated rings. The van der Waals surface area contributed by atoms with Crippen molar-refractivity contribution in [3.05, 3.63) is 28.3 Å². The number of rotatable bonds is 5. The lowest BCUT2D eigenvalue weighted by molar-refractivity contribution is -0.137. The zero-order valence-corrected chi connectivity index (χ0v) is 12.6. The predicted octanol–water partition coefficient (Wildman–Crippen LogP) is -0.957. The Balaban J connectivity index is 2.27. The first kappa shape index (κ1) is 17.1. The third-order valence-electron chi connectivity index (χ3n) is 3.39. The maximum absolute atomic E-state index is 12.0. The smallest absolute Gasteiger partial charge is 0.351 e. The molecule has 1 aromatic rings. The van der Waals surface area contributed by atoms with Crippen molar-refractivity contribution in [2.45, 2.75) is 31.8 Å². The van der Waals surface area contributed by atoms with Crippen LogP contribution >= 0.6 is 0 Å². The summed E-state index contributed by atoms with van der Waals surface area (Å²) >= 11 is 0. The highest BCUT2D eigenvalue weighted by molar-refractivity contribution is 5.87. The van der Waals surface area contributed by atoms with E-state index in [0.29, 0.717) is 5.56 Å². The molecule has 1 aliphatic rings. The molecule has 0 unspecified atom stereocenters. The van der Waals surface area contributed by atoms with Crippen molar-refractivity contribution in [3.8, 4) is 0 Å². The Kier molecular flexibility index (Phi) is 5.48. The molecule has 1 aromatic heterocycles. The Morgan fingerprint density at radius 2 is 2.39 bits per heavy atom. The first-order valence-electron chi connectivity index (χ1n) is 7.14. The number of ether oxygens (including phenoxy) is 2. The van der Waals surface area contributed by atoms with Crippen LogP contribution < -0.4 is 11.4 Å². The minimum atomic E-state index is -0.882. The number of carbonyl (C=O) groups excluding carboxylic acids is 1. The number of aliphatic hydroxyl groups is 2. The third-order valence-corrected chi connectivity index (χ3v) is 3.39. The lowest BCUT2D eigenvalue weighted by atomic mass is 10.2. The van der Waals surface area contributed by atoms with Crippen LogP contribution in [0.1, 0.15) is 25.1 Å². The van der Waals surface area contributed by atoms with Crippen molar-refractivity contribution in [3.63, 3.8) is 0 Å². The fourth-order valence-electron chi connectivity index (χ4n) is 2.23. The standard InChI is InChI=1S/C14H19N3O6/c1-2-22-12(20)4-3-8-6-17(14(21)16-13(8)15)11-5-9(19)10(7-18)23-11/h3-4,6,9-11,18-19H,2,5,7H2,1H3,(H2,15,16,21)/t9-,10+,11+/m1/s1. The number of anilines is 1. The Morgan fingerprint density at radius 3 is 3.00 bits per heavy atom. The summed E-state index contributed by atoms with van der Waals surface area (Å²) in [5.74, 6) is -0.582. The van der Waals surface area contributed by atoms with Gasteiger partial charge < -0.3 is 25.4 Å². The van der Waals surface area contributed by atoms with E-state index in [4.69, 9.17) is 20.3 Å². The quantitative estimate of drug-likeness (QED) is 0.465. The summed E-state index contributed by atoms with van der Waals surface area (Å²) < 4.78 is 11.3. The maximum Gasteiger partial charge on any atom is 0.351 e. The van der Waals surface area contributed by atoms with Crippen molar-refractivity contribution in [1.29, 1.82) is 0 Å². The van der Waals surface area contributed by atoms with Gasteiger partial charge in [-0.05, 0) is 13.0 Å². The van der Waals surface area contributed by atoms with Gasteiger partial charge in [-0.15, -0.1) is 0 Å². The highest BCUT2D eigenvalue weighted by Crippen LogP contribution is 2.27. The highest BCUT2D eigenvalue weighted by Gasteiger charge is 2.35. The molecule has 4 N–H and O–H groups in total. The topological polar surface area (TPSA) is 137 Å². The van der Waals surface area contributed by atoms with Crippen LogP contribution in [0.5, 0.6) is 0 Å². The lowest BCUT2D eigenvalue weighted by Crippen LogP contribution is -2.28. The number of aliphatic hydroxyl groups excluding tert-OH is 2. The molecule has 0 saturated carbocycles. The first-order valence-corrected chi connectivity index (χ1v) is 7.14. The zero-order chi connectivity index (χ0) is 17.0. The second-order valence-electron chi connectivity index (χ2n) is 4.97. The maximum atomic E-state index is 12.0. The minimum Gasteiger partial charge on any atom is -0.463 e. The Hall–Kier alpha value is -2.23. The summed E-state index contributed by atoms with van der Waals surface area (Å²) in [6.07, 6.45) is 1.67. The normalized spacial score (nSPS) is 24.2. The third kappa shape index (κ3) is 3.95. The van der Waals surface area contributed by atoms with Crippen LogP contribution in [0.15, 0.2) is 17.1 Å². The molecule has 0 amide bonds. The summed E-state index contributed by atoms with van der Waals surface area (Å²) in [7, 11) is 0. The van der Waals surface area contributed by atoms with E-state index in [-0.39, 0.29) is 25.5 Å². The number of nitrogens with two attached hydrogens (primary N) is 1. The van der Waals surface area contributed by atoms with Gasteiger partial charge in [-0.1, -0.05) is 0 Å². The van der Waals surface area contributed by atoms with Crippen molar-refractivity contribution in [2.75, 3.05) is 18.9 Å². The van der Waals surface area contributed by atoms with Gasteiger partial charge in [-0.2, -0.15) is 4.98 Å². The van der Waals surface area contributed by atoms with Gasteiger partial charge in [0.15, 0.2) is 0 Å². The molecular formula is C14H19N3O6. The molecule has 9 heteroatoms. The molecular weight excluding hydrogens is 306 g/mol. The molecule has 0 aliphatic carbocycles. The van der Waals surface area contributed by atoms with E-state index in [0.717, 1.165) is 0 Å². The van der Waals surface area contributed by atoms with Gasteiger partial charge in [0.25, 0.3) is 0 Å². The van der Waals surface area contributed by atoms with Crippen molar-refractivity contribution in [2.24, 2.45) is 0 Å². The lowest BCUT2D eigenvalue weighted by Gasteiger charge is -2.15. The molecule has 1 aliphatic heterocycles. The van der Waals surface area contributed by atoms with Crippen molar-refractivity contribution in [1.82, 2.24) is 9.55 Å². The first-order chi connectivity index (χ1) is 11.0. The molecule has 2 heterocycles. The van der Waals surface area contributed by atoms with E-state index in [1.807, 2.05) is 0 Å². The van der Waals surface area contributed by atoms with E-state index in [1.165, 1.54) is 22.9 Å². The fourth-order valence-corrected chi connectivity index (χ4v) is 2.23. The highest BCUT2D eigenvalue weighted by atomic mass is 16.5. The van der Waals surface area contributed by atoms with Gasteiger partial charge >= 0.3 is 11.7 Å². The van der Waals surface area contributed by atoms with Gasteiger partial charge in [0, 0.05) is 24.3 Å². The number of aromatic nitrogens is 2. The molecule has 126 valence electrons. The second-order valence-corrected chi connectivity index (χ2v) is 4.97. The molecule has 0 aromatic carbocycles. The number of carbonyl (C=O) groups is 1. The molecule has 3 atom stereocenters.